The lowest BCUT2D eigenvalue weighted by Gasteiger charge is -2.33. The van der Waals surface area contributed by atoms with Crippen LogP contribution in [0.2, 0.25) is 0 Å². The highest BCUT2D eigenvalue weighted by molar-refractivity contribution is 8.00. The molecule has 0 radical (unpaired) electrons. The number of methoxy groups -OCH3 is 1. The third-order valence-electron chi connectivity index (χ3n) is 8.22. The maximum atomic E-state index is 14.7. The van der Waals surface area contributed by atoms with E-state index in [1.807, 2.05) is 0 Å². The number of amides is 1. The molecule has 15 heteroatoms. The van der Waals surface area contributed by atoms with Crippen LogP contribution >= 0.6 is 11.8 Å². The molecule has 1 N–H and O–H groups in total. The number of ether oxygens (including phenoxy) is 1. The van der Waals surface area contributed by atoms with Crippen LogP contribution in [0.5, 0.6) is 0 Å². The first kappa shape index (κ1) is 33.5. The van der Waals surface area contributed by atoms with Crippen molar-refractivity contribution in [2.45, 2.75) is 65.8 Å². The molecule has 2 aromatic carbocycles. The number of carbonyl (C=O) groups excluding carboxylic acids is 2. The lowest BCUT2D eigenvalue weighted by atomic mass is 9.81. The Morgan fingerprint density at radius 1 is 0.864 bits per heavy atom. The van der Waals surface area contributed by atoms with Gasteiger partial charge in [0.15, 0.2) is 0 Å². The van der Waals surface area contributed by atoms with Gasteiger partial charge in [0.05, 0.1) is 17.8 Å². The number of alkyl halides is 7. The summed E-state index contributed by atoms with van der Waals surface area (Å²) in [6, 6.07) is 5.88. The van der Waals surface area contributed by atoms with E-state index >= 15 is 0 Å². The number of carboxylic acid groups (broad SMARTS) is 1. The summed E-state index contributed by atoms with van der Waals surface area (Å²) in [6.07, 6.45) is -11.8. The molecule has 0 aromatic heterocycles. The van der Waals surface area contributed by atoms with E-state index in [-0.39, 0.29) is 31.4 Å². The van der Waals surface area contributed by atoms with Crippen LogP contribution < -0.4 is 0 Å². The Kier molecular flexibility index (Phi) is 9.30. The number of hydrogen-bond donors (Lipinski definition) is 1. The zero-order valence-corrected chi connectivity index (χ0v) is 23.9. The average molecular weight is 654 g/mol. The second-order valence-electron chi connectivity index (χ2n) is 10.9. The zero-order valence-electron chi connectivity index (χ0n) is 23.1. The number of halogens is 8. The van der Waals surface area contributed by atoms with Crippen molar-refractivity contribution in [3.05, 3.63) is 65.5 Å². The molecule has 2 aliphatic rings. The normalized spacial score (nSPS) is 24.7. The summed E-state index contributed by atoms with van der Waals surface area (Å²) in [5.74, 6) is -4.00. The van der Waals surface area contributed by atoms with Crippen LogP contribution in [0.4, 0.5) is 35.1 Å². The summed E-state index contributed by atoms with van der Waals surface area (Å²) in [5, 5.41) is 10.1. The lowest BCUT2D eigenvalue weighted by Crippen LogP contribution is -2.50. The maximum absolute atomic E-state index is 14.7. The van der Waals surface area contributed by atoms with Crippen molar-refractivity contribution in [2.75, 3.05) is 13.7 Å². The monoisotopic (exact) mass is 653 g/mol. The van der Waals surface area contributed by atoms with Gasteiger partial charge >= 0.3 is 30.0 Å². The maximum Gasteiger partial charge on any atom is 0.435 e. The Bertz CT molecular complexity index is 1360. The predicted molar refractivity (Wildman–Crippen MR) is 140 cm³/mol. The molecule has 1 aliphatic carbocycles. The molecule has 0 spiro atoms. The van der Waals surface area contributed by atoms with Gasteiger partial charge in [0, 0.05) is 22.9 Å². The van der Waals surface area contributed by atoms with E-state index in [9.17, 15) is 54.6 Å². The first-order valence-corrected chi connectivity index (χ1v) is 14.2. The van der Waals surface area contributed by atoms with Crippen molar-refractivity contribution >= 4 is 29.6 Å². The largest absolute Gasteiger partial charge is 0.480 e. The number of carboxylic acids is 1. The summed E-state index contributed by atoms with van der Waals surface area (Å²) < 4.78 is 112. The fraction of sp³-hybridized carbons (Fsp3) is 0.483. The van der Waals surface area contributed by atoms with Gasteiger partial charge in [-0.3, -0.25) is 9.59 Å². The Balaban J connectivity index is 1.73. The lowest BCUT2D eigenvalue weighted by molar-refractivity contribution is -0.348. The number of aliphatic carboxylic acids is 1. The third kappa shape index (κ3) is 6.24. The van der Waals surface area contributed by atoms with Gasteiger partial charge in [0.2, 0.25) is 5.91 Å². The minimum Gasteiger partial charge on any atom is -0.480 e. The SMILES string of the molecule is COC(=O)C1CCC(C(=O)N2CC(Sc3ccc(F)cc3)(c3ccc(C(F)(C(F)(F)F)C(F)(F)F)cc3)CC2C(=O)O)CC1. The highest BCUT2D eigenvalue weighted by Crippen LogP contribution is 2.55. The first-order valence-electron chi connectivity index (χ1n) is 13.4. The molecule has 1 heterocycles. The molecule has 2 fully saturated rings. The standard InChI is InChI=1S/C29H27F8NO5S/c1-43-25(42)17-4-2-16(3-5-17)23(39)38-15-26(14-22(38)24(40)41,44-21-12-10-20(30)11-13-21)18-6-8-19(9-7-18)27(31,28(32,33)34)29(35,36)37/h6-13,16-17,22H,2-5,14-15H2,1H3,(H,40,41). The van der Waals surface area contributed by atoms with Gasteiger partial charge in [-0.1, -0.05) is 24.3 Å². The highest BCUT2D eigenvalue weighted by Gasteiger charge is 2.73. The first-order chi connectivity index (χ1) is 20.4. The van der Waals surface area contributed by atoms with Crippen LogP contribution in [0, 0.1) is 17.7 Å². The van der Waals surface area contributed by atoms with Crippen molar-refractivity contribution in [3.8, 4) is 0 Å². The second-order valence-corrected chi connectivity index (χ2v) is 12.3. The van der Waals surface area contributed by atoms with Crippen LogP contribution in [0.15, 0.2) is 53.4 Å². The third-order valence-corrected chi connectivity index (χ3v) is 9.65. The van der Waals surface area contributed by atoms with E-state index in [1.165, 1.54) is 19.2 Å². The van der Waals surface area contributed by atoms with Crippen molar-refractivity contribution in [2.24, 2.45) is 11.8 Å². The molecule has 0 bridgehead atoms. The summed E-state index contributed by atoms with van der Waals surface area (Å²) in [5.41, 5.74) is -7.34. The molecule has 2 aromatic rings. The average Bonchev–Trinajstić information content (AvgIpc) is 3.37. The minimum atomic E-state index is -6.33. The number of likely N-dealkylation sites (tertiary alicyclic amines) is 1. The molecule has 2 atom stereocenters. The van der Waals surface area contributed by atoms with E-state index in [0.717, 1.165) is 40.9 Å². The molecule has 44 heavy (non-hydrogen) atoms. The molecule has 1 aliphatic heterocycles. The van der Waals surface area contributed by atoms with E-state index < -0.39 is 69.9 Å². The quantitative estimate of drug-likeness (QED) is 0.263. The molecule has 6 nitrogen and oxygen atoms in total. The van der Waals surface area contributed by atoms with Gasteiger partial charge in [0.1, 0.15) is 11.9 Å². The molecule has 2 unspecified atom stereocenters. The van der Waals surface area contributed by atoms with Gasteiger partial charge in [-0.25, -0.2) is 13.6 Å². The Morgan fingerprint density at radius 2 is 1.39 bits per heavy atom. The number of esters is 1. The Labute approximate surface area is 250 Å². The number of carbonyl (C=O) groups is 3. The second kappa shape index (κ2) is 12.2. The molecule has 1 saturated heterocycles. The van der Waals surface area contributed by atoms with Gasteiger partial charge < -0.3 is 14.7 Å². The number of nitrogens with zero attached hydrogens (tertiary/aromatic N) is 1. The van der Waals surface area contributed by atoms with Crippen molar-refractivity contribution in [3.63, 3.8) is 0 Å². The highest BCUT2D eigenvalue weighted by atomic mass is 32.2. The van der Waals surface area contributed by atoms with Crippen molar-refractivity contribution in [1.29, 1.82) is 0 Å². The van der Waals surface area contributed by atoms with Crippen molar-refractivity contribution in [1.82, 2.24) is 4.90 Å². The summed E-state index contributed by atoms with van der Waals surface area (Å²) >= 11 is 0.958. The molecular formula is C29H27F8NO5S. The Morgan fingerprint density at radius 3 is 1.86 bits per heavy atom. The predicted octanol–water partition coefficient (Wildman–Crippen LogP) is 6.77. The smallest absolute Gasteiger partial charge is 0.435 e. The zero-order chi connectivity index (χ0) is 32.7. The van der Waals surface area contributed by atoms with Crippen molar-refractivity contribution < 1.29 is 59.4 Å². The topological polar surface area (TPSA) is 83.9 Å². The number of thioether (sulfide) groups is 1. The number of rotatable bonds is 7. The van der Waals surface area contributed by atoms with Crippen LogP contribution in [0.3, 0.4) is 0 Å². The molecular weight excluding hydrogens is 626 g/mol. The Hall–Kier alpha value is -3.36. The van der Waals surface area contributed by atoms with E-state index in [4.69, 9.17) is 4.74 Å². The van der Waals surface area contributed by atoms with Gasteiger partial charge in [-0.05, 0) is 61.9 Å². The van der Waals surface area contributed by atoms with Crippen LogP contribution in [-0.4, -0.2) is 59.9 Å². The molecule has 1 amide bonds. The summed E-state index contributed by atoms with van der Waals surface area (Å²) in [7, 11) is 1.24. The van der Waals surface area contributed by atoms with Crippen LogP contribution in [-0.2, 0) is 29.5 Å². The minimum absolute atomic E-state index is 0.0400. The van der Waals surface area contributed by atoms with Crippen LogP contribution in [0.25, 0.3) is 0 Å². The number of benzene rings is 2. The summed E-state index contributed by atoms with van der Waals surface area (Å²) in [4.78, 5) is 39.4. The fourth-order valence-corrected chi connectivity index (χ4v) is 7.29. The molecule has 240 valence electrons. The van der Waals surface area contributed by atoms with Gasteiger partial charge in [-0.15, -0.1) is 11.8 Å². The molecule has 1 saturated carbocycles. The van der Waals surface area contributed by atoms with E-state index in [0.29, 0.717) is 29.9 Å². The summed E-state index contributed by atoms with van der Waals surface area (Å²) in [6.45, 7) is -0.319. The number of hydrogen-bond acceptors (Lipinski definition) is 5. The van der Waals surface area contributed by atoms with E-state index in [1.54, 1.807) is 0 Å². The molecule has 4 rings (SSSR count). The van der Waals surface area contributed by atoms with Gasteiger partial charge in [0.25, 0.3) is 0 Å². The van der Waals surface area contributed by atoms with Gasteiger partial charge in [-0.2, -0.15) is 26.3 Å². The fourth-order valence-electron chi connectivity index (χ4n) is 5.86. The van der Waals surface area contributed by atoms with Crippen LogP contribution in [0.1, 0.15) is 43.2 Å². The van der Waals surface area contributed by atoms with E-state index in [2.05, 4.69) is 0 Å².